The Morgan fingerprint density at radius 1 is 1.41 bits per heavy atom. The average Bonchev–Trinajstić information content (AvgIpc) is 2.45. The van der Waals surface area contributed by atoms with Crippen molar-refractivity contribution in [3.8, 4) is 0 Å². The van der Waals surface area contributed by atoms with E-state index in [0.717, 1.165) is 17.4 Å². The van der Waals surface area contributed by atoms with E-state index >= 15 is 0 Å². The van der Waals surface area contributed by atoms with Gasteiger partial charge in [0, 0.05) is 22.7 Å². The highest BCUT2D eigenvalue weighted by Gasteiger charge is 2.01. The molecule has 0 aliphatic heterocycles. The van der Waals surface area contributed by atoms with E-state index in [2.05, 4.69) is 45.9 Å². The molecule has 0 saturated carbocycles. The normalized spacial score (nSPS) is 10.8. The fourth-order valence-electron chi connectivity index (χ4n) is 1.49. The molecule has 0 heterocycles. The molecule has 4 nitrogen and oxygen atoms in total. The summed E-state index contributed by atoms with van der Waals surface area (Å²) < 4.78 is 14.2. The number of carbonyl (C=O) groups excluding carboxylic acids is 1. The van der Waals surface area contributed by atoms with Crippen molar-refractivity contribution in [2.24, 2.45) is 5.92 Å². The summed E-state index contributed by atoms with van der Waals surface area (Å²) in [7, 11) is 0. The molecule has 0 fully saturated rings. The lowest BCUT2D eigenvalue weighted by atomic mass is 10.1. The quantitative estimate of drug-likeness (QED) is 0.412. The molecule has 0 spiro atoms. The predicted octanol–water partition coefficient (Wildman–Crippen LogP) is 3.14. The van der Waals surface area contributed by atoms with Crippen molar-refractivity contribution < 1.29 is 9.18 Å². The molecule has 0 radical (unpaired) electrons. The first-order valence-electron chi connectivity index (χ1n) is 6.85. The Hall–Kier alpha value is -1.47. The van der Waals surface area contributed by atoms with E-state index in [4.69, 9.17) is 12.2 Å². The van der Waals surface area contributed by atoms with Gasteiger partial charge in [0.25, 0.3) is 5.91 Å². The van der Waals surface area contributed by atoms with Crippen LogP contribution in [0.1, 0.15) is 25.8 Å². The summed E-state index contributed by atoms with van der Waals surface area (Å²) in [5.74, 6) is -0.244. The maximum Gasteiger partial charge on any atom is 0.262 e. The SMILES string of the molecule is CC(C)CCNC(=S)NNC(=O)/C=C/c1cc(Br)ccc1F. The zero-order valence-electron chi connectivity index (χ0n) is 12.5. The van der Waals surface area contributed by atoms with Crippen molar-refractivity contribution in [2.45, 2.75) is 20.3 Å². The van der Waals surface area contributed by atoms with Gasteiger partial charge in [-0.2, -0.15) is 0 Å². The van der Waals surface area contributed by atoms with E-state index in [-0.39, 0.29) is 0 Å². The summed E-state index contributed by atoms with van der Waals surface area (Å²) in [4.78, 5) is 11.6. The largest absolute Gasteiger partial charge is 0.361 e. The van der Waals surface area contributed by atoms with Gasteiger partial charge >= 0.3 is 0 Å². The first-order valence-corrected chi connectivity index (χ1v) is 8.05. The highest BCUT2D eigenvalue weighted by atomic mass is 79.9. The Morgan fingerprint density at radius 2 is 2.14 bits per heavy atom. The number of hydrogen-bond donors (Lipinski definition) is 3. The van der Waals surface area contributed by atoms with E-state index in [1.165, 1.54) is 18.2 Å². The van der Waals surface area contributed by atoms with Crippen LogP contribution in [0.3, 0.4) is 0 Å². The molecular weight excluding hydrogens is 369 g/mol. The second-order valence-corrected chi connectivity index (χ2v) is 6.38. The molecule has 0 aliphatic rings. The van der Waals surface area contributed by atoms with Crippen LogP contribution in [-0.4, -0.2) is 17.6 Å². The van der Waals surface area contributed by atoms with Gasteiger partial charge in [-0.1, -0.05) is 29.8 Å². The van der Waals surface area contributed by atoms with Gasteiger partial charge in [-0.05, 0) is 48.8 Å². The van der Waals surface area contributed by atoms with Gasteiger partial charge in [0.05, 0.1) is 0 Å². The summed E-state index contributed by atoms with van der Waals surface area (Å²) in [6, 6.07) is 4.51. The van der Waals surface area contributed by atoms with Crippen molar-refractivity contribution in [3.05, 3.63) is 40.1 Å². The molecule has 1 rings (SSSR count). The smallest absolute Gasteiger partial charge is 0.262 e. The lowest BCUT2D eigenvalue weighted by Crippen LogP contribution is -2.46. The van der Waals surface area contributed by atoms with Crippen LogP contribution in [0.4, 0.5) is 4.39 Å². The van der Waals surface area contributed by atoms with E-state index in [1.54, 1.807) is 12.1 Å². The van der Waals surface area contributed by atoms with Crippen LogP contribution in [0.25, 0.3) is 6.08 Å². The molecule has 7 heteroatoms. The number of benzene rings is 1. The molecule has 0 aromatic heterocycles. The third kappa shape index (κ3) is 7.51. The molecule has 120 valence electrons. The number of amides is 1. The maximum absolute atomic E-state index is 13.5. The fourth-order valence-corrected chi connectivity index (χ4v) is 2.02. The number of rotatable bonds is 5. The van der Waals surface area contributed by atoms with Gasteiger partial charge in [0.1, 0.15) is 5.82 Å². The van der Waals surface area contributed by atoms with E-state index in [9.17, 15) is 9.18 Å². The molecule has 1 aromatic rings. The number of nitrogens with one attached hydrogen (secondary N) is 3. The Labute approximate surface area is 143 Å². The number of thiocarbonyl (C=S) groups is 1. The molecule has 0 aliphatic carbocycles. The van der Waals surface area contributed by atoms with Crippen molar-refractivity contribution in [3.63, 3.8) is 0 Å². The molecule has 1 amide bonds. The molecule has 0 bridgehead atoms. The highest BCUT2D eigenvalue weighted by Crippen LogP contribution is 2.16. The Kier molecular flexibility index (Phi) is 8.05. The molecule has 0 saturated heterocycles. The number of hydrazine groups is 1. The summed E-state index contributed by atoms with van der Waals surface area (Å²) >= 11 is 8.26. The minimum Gasteiger partial charge on any atom is -0.361 e. The predicted molar refractivity (Wildman–Crippen MR) is 94.5 cm³/mol. The highest BCUT2D eigenvalue weighted by molar-refractivity contribution is 9.10. The van der Waals surface area contributed by atoms with Crippen LogP contribution in [-0.2, 0) is 4.79 Å². The summed E-state index contributed by atoms with van der Waals surface area (Å²) in [5, 5.41) is 3.32. The van der Waals surface area contributed by atoms with Crippen LogP contribution < -0.4 is 16.2 Å². The van der Waals surface area contributed by atoms with Crippen molar-refractivity contribution in [2.75, 3.05) is 6.54 Å². The van der Waals surface area contributed by atoms with Crippen molar-refractivity contribution in [1.82, 2.24) is 16.2 Å². The lowest BCUT2D eigenvalue weighted by Gasteiger charge is -2.11. The van der Waals surface area contributed by atoms with Crippen LogP contribution in [0.2, 0.25) is 0 Å². The van der Waals surface area contributed by atoms with Crippen LogP contribution in [0, 0.1) is 11.7 Å². The second kappa shape index (κ2) is 9.53. The van der Waals surface area contributed by atoms with Gasteiger partial charge in [-0.15, -0.1) is 0 Å². The van der Waals surface area contributed by atoms with Gasteiger partial charge in [0.15, 0.2) is 5.11 Å². The second-order valence-electron chi connectivity index (χ2n) is 5.05. The minimum atomic E-state index is -0.424. The van der Waals surface area contributed by atoms with Crippen LogP contribution in [0.15, 0.2) is 28.7 Å². The maximum atomic E-state index is 13.5. The Morgan fingerprint density at radius 3 is 2.82 bits per heavy atom. The minimum absolute atomic E-state index is 0.321. The van der Waals surface area contributed by atoms with E-state index in [1.807, 2.05) is 0 Å². The van der Waals surface area contributed by atoms with Gasteiger partial charge in [-0.3, -0.25) is 15.6 Å². The summed E-state index contributed by atoms with van der Waals surface area (Å²) in [6.07, 6.45) is 3.61. The first kappa shape index (κ1) is 18.6. The number of carbonyl (C=O) groups is 1. The van der Waals surface area contributed by atoms with E-state index < -0.39 is 11.7 Å². The third-order valence-corrected chi connectivity index (χ3v) is 3.42. The zero-order valence-corrected chi connectivity index (χ0v) is 14.9. The molecular formula is C15H19BrFN3OS. The molecule has 22 heavy (non-hydrogen) atoms. The Bertz CT molecular complexity index is 564. The third-order valence-electron chi connectivity index (χ3n) is 2.68. The fraction of sp³-hybridized carbons (Fsp3) is 0.333. The number of hydrogen-bond acceptors (Lipinski definition) is 2. The number of halogens is 2. The van der Waals surface area contributed by atoms with E-state index in [0.29, 0.717) is 16.6 Å². The summed E-state index contributed by atoms with van der Waals surface area (Å²) in [5.41, 5.74) is 5.32. The zero-order chi connectivity index (χ0) is 16.5. The Balaban J connectivity index is 2.38. The molecule has 0 atom stereocenters. The van der Waals surface area contributed by atoms with Crippen LogP contribution >= 0.6 is 28.1 Å². The standard InChI is InChI=1S/C15H19BrFN3OS/c1-10(2)7-8-18-15(22)20-19-14(21)6-3-11-9-12(16)4-5-13(11)17/h3-6,9-10H,7-8H2,1-2H3,(H,19,21)(H2,18,20,22)/b6-3+. The topological polar surface area (TPSA) is 53.2 Å². The van der Waals surface area contributed by atoms with Crippen molar-refractivity contribution >= 4 is 45.2 Å². The van der Waals surface area contributed by atoms with Crippen molar-refractivity contribution in [1.29, 1.82) is 0 Å². The monoisotopic (exact) mass is 387 g/mol. The average molecular weight is 388 g/mol. The molecule has 1 aromatic carbocycles. The van der Waals surface area contributed by atoms with Gasteiger partial charge in [0.2, 0.25) is 0 Å². The van der Waals surface area contributed by atoms with Gasteiger partial charge in [-0.25, -0.2) is 4.39 Å². The lowest BCUT2D eigenvalue weighted by molar-refractivity contribution is -0.116. The van der Waals surface area contributed by atoms with Crippen LogP contribution in [0.5, 0.6) is 0 Å². The summed E-state index contributed by atoms with van der Waals surface area (Å²) in [6.45, 7) is 4.97. The molecule has 0 unspecified atom stereocenters. The van der Waals surface area contributed by atoms with Gasteiger partial charge < -0.3 is 5.32 Å². The first-order chi connectivity index (χ1) is 10.4. The molecule has 3 N–H and O–H groups in total.